The first-order chi connectivity index (χ1) is 12.3. The van der Waals surface area contributed by atoms with Crippen molar-refractivity contribution in [2.24, 2.45) is 5.92 Å². The number of halogens is 2. The Labute approximate surface area is 154 Å². The summed E-state index contributed by atoms with van der Waals surface area (Å²) in [6.45, 7) is 0.280. The van der Waals surface area contributed by atoms with Crippen LogP contribution in [0.3, 0.4) is 0 Å². The van der Waals surface area contributed by atoms with Gasteiger partial charge in [-0.05, 0) is 17.7 Å². The summed E-state index contributed by atoms with van der Waals surface area (Å²) >= 11 is 5.72. The first kappa shape index (κ1) is 18.6. The molecule has 2 amide bonds. The molecule has 2 fully saturated rings. The van der Waals surface area contributed by atoms with E-state index in [2.05, 4.69) is 0 Å². The molecule has 7 nitrogen and oxygen atoms in total. The molecule has 2 aliphatic rings. The summed E-state index contributed by atoms with van der Waals surface area (Å²) in [5.74, 6) is -3.05. The van der Waals surface area contributed by atoms with Crippen LogP contribution in [-0.4, -0.2) is 65.5 Å². The Morgan fingerprint density at radius 1 is 1.38 bits per heavy atom. The van der Waals surface area contributed by atoms with E-state index in [-0.39, 0.29) is 43.0 Å². The van der Waals surface area contributed by atoms with Crippen LogP contribution in [0.4, 0.5) is 4.39 Å². The Balaban J connectivity index is 1.86. The number of amides is 2. The van der Waals surface area contributed by atoms with Gasteiger partial charge in [-0.15, -0.1) is 0 Å². The number of hydrogen-bond acceptors (Lipinski definition) is 4. The molecule has 1 aromatic rings. The standard InChI is InChI=1S/C17H18ClFN2O5/c1-20-14(22)7-10(15(20)9-2-3-11(18)12(19)6-9)16(23)21-4-5-26-13(8-21)17(24)25/h2-3,6,10,13,15H,4-5,7-8H2,1H3,(H,24,25). The van der Waals surface area contributed by atoms with Crippen molar-refractivity contribution in [1.82, 2.24) is 9.80 Å². The monoisotopic (exact) mass is 384 g/mol. The van der Waals surface area contributed by atoms with Crippen molar-refractivity contribution in [3.8, 4) is 0 Å². The lowest BCUT2D eigenvalue weighted by Gasteiger charge is -2.34. The van der Waals surface area contributed by atoms with Gasteiger partial charge in [0.2, 0.25) is 11.8 Å². The minimum Gasteiger partial charge on any atom is -0.479 e. The van der Waals surface area contributed by atoms with Crippen LogP contribution < -0.4 is 0 Å². The Kier molecular flexibility index (Phi) is 5.15. The lowest BCUT2D eigenvalue weighted by molar-refractivity contribution is -0.160. The highest BCUT2D eigenvalue weighted by Crippen LogP contribution is 2.39. The summed E-state index contributed by atoms with van der Waals surface area (Å²) in [4.78, 5) is 39.1. The minimum absolute atomic E-state index is 0.0145. The van der Waals surface area contributed by atoms with Crippen molar-refractivity contribution < 1.29 is 28.6 Å². The van der Waals surface area contributed by atoms with Crippen molar-refractivity contribution in [2.75, 3.05) is 26.7 Å². The molecule has 0 saturated carbocycles. The Hall–Kier alpha value is -2.19. The third-order valence-corrected chi connectivity index (χ3v) is 5.15. The lowest BCUT2D eigenvalue weighted by Crippen LogP contribution is -2.50. The molecule has 0 aromatic heterocycles. The first-order valence-corrected chi connectivity index (χ1v) is 8.51. The smallest absolute Gasteiger partial charge is 0.334 e. The van der Waals surface area contributed by atoms with Gasteiger partial charge in [0.25, 0.3) is 0 Å². The number of rotatable bonds is 3. The number of carboxylic acid groups (broad SMARTS) is 1. The van der Waals surface area contributed by atoms with E-state index < -0.39 is 29.9 Å². The second-order valence-electron chi connectivity index (χ2n) is 6.42. The normalized spacial score (nSPS) is 26.3. The molecular weight excluding hydrogens is 367 g/mol. The van der Waals surface area contributed by atoms with Gasteiger partial charge in [0, 0.05) is 20.0 Å². The van der Waals surface area contributed by atoms with Crippen molar-refractivity contribution >= 4 is 29.4 Å². The predicted octanol–water partition coefficient (Wildman–Crippen LogP) is 1.31. The minimum atomic E-state index is -1.14. The summed E-state index contributed by atoms with van der Waals surface area (Å²) in [7, 11) is 1.56. The number of hydrogen-bond donors (Lipinski definition) is 1. The molecule has 2 saturated heterocycles. The predicted molar refractivity (Wildman–Crippen MR) is 89.0 cm³/mol. The summed E-state index contributed by atoms with van der Waals surface area (Å²) in [5, 5.41) is 9.05. The van der Waals surface area contributed by atoms with Gasteiger partial charge in [0.15, 0.2) is 6.10 Å². The highest BCUT2D eigenvalue weighted by molar-refractivity contribution is 6.30. The van der Waals surface area contributed by atoms with E-state index in [9.17, 15) is 18.8 Å². The molecular formula is C17H18ClFN2O5. The molecule has 0 radical (unpaired) electrons. The van der Waals surface area contributed by atoms with Crippen molar-refractivity contribution in [3.63, 3.8) is 0 Å². The van der Waals surface area contributed by atoms with E-state index in [1.807, 2.05) is 0 Å². The van der Waals surface area contributed by atoms with Crippen LogP contribution in [0.1, 0.15) is 18.0 Å². The molecule has 140 valence electrons. The highest BCUT2D eigenvalue weighted by atomic mass is 35.5. The van der Waals surface area contributed by atoms with Gasteiger partial charge in [0.05, 0.1) is 30.1 Å². The number of carbonyl (C=O) groups excluding carboxylic acids is 2. The van der Waals surface area contributed by atoms with Crippen LogP contribution in [0, 0.1) is 11.7 Å². The first-order valence-electron chi connectivity index (χ1n) is 8.13. The number of carboxylic acids is 1. The maximum Gasteiger partial charge on any atom is 0.334 e. The molecule has 3 unspecified atom stereocenters. The number of benzene rings is 1. The summed E-state index contributed by atoms with van der Waals surface area (Å²) < 4.78 is 19.0. The van der Waals surface area contributed by atoms with Gasteiger partial charge < -0.3 is 19.6 Å². The number of carbonyl (C=O) groups is 3. The fraction of sp³-hybridized carbons (Fsp3) is 0.471. The summed E-state index contributed by atoms with van der Waals surface area (Å²) in [5.41, 5.74) is 0.474. The number of nitrogens with zero attached hydrogens (tertiary/aromatic N) is 2. The molecule has 2 heterocycles. The fourth-order valence-corrected chi connectivity index (χ4v) is 3.59. The molecule has 9 heteroatoms. The van der Waals surface area contributed by atoms with Gasteiger partial charge in [-0.3, -0.25) is 9.59 Å². The molecule has 26 heavy (non-hydrogen) atoms. The van der Waals surface area contributed by atoms with Gasteiger partial charge in [-0.2, -0.15) is 0 Å². The molecule has 1 N–H and O–H groups in total. The molecule has 0 bridgehead atoms. The average Bonchev–Trinajstić information content (AvgIpc) is 2.92. The third kappa shape index (κ3) is 3.39. The summed E-state index contributed by atoms with van der Waals surface area (Å²) in [6, 6.07) is 3.57. The topological polar surface area (TPSA) is 87.2 Å². The number of aliphatic carboxylic acids is 1. The molecule has 0 spiro atoms. The van der Waals surface area contributed by atoms with E-state index in [4.69, 9.17) is 21.4 Å². The fourth-order valence-electron chi connectivity index (χ4n) is 3.48. The van der Waals surface area contributed by atoms with E-state index in [1.54, 1.807) is 13.1 Å². The Morgan fingerprint density at radius 2 is 2.12 bits per heavy atom. The highest BCUT2D eigenvalue weighted by Gasteiger charge is 2.45. The number of morpholine rings is 1. The maximum atomic E-state index is 13.9. The molecule has 1 aromatic carbocycles. The zero-order valence-corrected chi connectivity index (χ0v) is 14.8. The zero-order chi connectivity index (χ0) is 19.0. The van der Waals surface area contributed by atoms with Crippen LogP contribution >= 0.6 is 11.6 Å². The average molecular weight is 385 g/mol. The SMILES string of the molecule is CN1C(=O)CC(C(=O)N2CCOC(C(=O)O)C2)C1c1ccc(Cl)c(F)c1. The molecule has 3 rings (SSSR count). The van der Waals surface area contributed by atoms with Crippen LogP contribution in [0.2, 0.25) is 5.02 Å². The second kappa shape index (κ2) is 7.20. The van der Waals surface area contributed by atoms with E-state index in [1.165, 1.54) is 21.9 Å². The third-order valence-electron chi connectivity index (χ3n) is 4.84. The quantitative estimate of drug-likeness (QED) is 0.849. The zero-order valence-electron chi connectivity index (χ0n) is 14.0. The Bertz CT molecular complexity index is 759. The van der Waals surface area contributed by atoms with Gasteiger partial charge in [-0.25, -0.2) is 9.18 Å². The summed E-state index contributed by atoms with van der Waals surface area (Å²) in [6.07, 6.45) is -1.10. The van der Waals surface area contributed by atoms with E-state index in [0.29, 0.717) is 5.56 Å². The number of ether oxygens (including phenoxy) is 1. The van der Waals surface area contributed by atoms with E-state index in [0.717, 1.165) is 0 Å². The lowest BCUT2D eigenvalue weighted by atomic mass is 9.92. The van der Waals surface area contributed by atoms with Crippen molar-refractivity contribution in [3.05, 3.63) is 34.6 Å². The van der Waals surface area contributed by atoms with Crippen LogP contribution in [0.15, 0.2) is 18.2 Å². The van der Waals surface area contributed by atoms with E-state index >= 15 is 0 Å². The van der Waals surface area contributed by atoms with Crippen molar-refractivity contribution in [2.45, 2.75) is 18.6 Å². The van der Waals surface area contributed by atoms with Crippen LogP contribution in [0.25, 0.3) is 0 Å². The molecule has 3 atom stereocenters. The maximum absolute atomic E-state index is 13.9. The van der Waals surface area contributed by atoms with Crippen LogP contribution in [0.5, 0.6) is 0 Å². The second-order valence-corrected chi connectivity index (χ2v) is 6.82. The largest absolute Gasteiger partial charge is 0.479 e. The van der Waals surface area contributed by atoms with Crippen LogP contribution in [-0.2, 0) is 19.1 Å². The van der Waals surface area contributed by atoms with Gasteiger partial charge in [0.1, 0.15) is 5.82 Å². The molecule has 2 aliphatic heterocycles. The molecule has 0 aliphatic carbocycles. The Morgan fingerprint density at radius 3 is 2.77 bits per heavy atom. The van der Waals surface area contributed by atoms with Gasteiger partial charge >= 0.3 is 5.97 Å². The number of likely N-dealkylation sites (tertiary alicyclic amines) is 1. The van der Waals surface area contributed by atoms with Gasteiger partial charge in [-0.1, -0.05) is 17.7 Å². The van der Waals surface area contributed by atoms with Crippen molar-refractivity contribution in [1.29, 1.82) is 0 Å².